The zero-order valence-corrected chi connectivity index (χ0v) is 22.3. The highest BCUT2D eigenvalue weighted by Gasteiger charge is 2.33. The van der Waals surface area contributed by atoms with Gasteiger partial charge in [-0.3, -0.25) is 0 Å². The quantitative estimate of drug-likeness (QED) is 0.243. The van der Waals surface area contributed by atoms with Crippen molar-refractivity contribution in [3.05, 3.63) is 63.3 Å². The van der Waals surface area contributed by atoms with Crippen molar-refractivity contribution in [2.75, 3.05) is 24.6 Å². The second kappa shape index (κ2) is 10.3. The predicted molar refractivity (Wildman–Crippen MR) is 145 cm³/mol. The Morgan fingerprint density at radius 1 is 1.14 bits per heavy atom. The molecule has 1 saturated heterocycles. The summed E-state index contributed by atoms with van der Waals surface area (Å²) >= 11 is 14.5. The van der Waals surface area contributed by atoms with Crippen molar-refractivity contribution in [2.45, 2.75) is 38.2 Å². The number of carbonyl (C=O) groups is 1. The van der Waals surface area contributed by atoms with Crippen LogP contribution in [0.25, 0.3) is 21.5 Å². The molecule has 0 radical (unpaired) electrons. The lowest BCUT2D eigenvalue weighted by atomic mass is 9.98. The van der Waals surface area contributed by atoms with Crippen molar-refractivity contribution in [3.8, 4) is 11.3 Å². The minimum Gasteiger partial charge on any atom is -0.478 e. The molecular weight excluding hydrogens is 533 g/mol. The van der Waals surface area contributed by atoms with Gasteiger partial charge in [-0.25, -0.2) is 9.78 Å². The maximum Gasteiger partial charge on any atom is 0.335 e. The molecule has 0 bridgehead atoms. The van der Waals surface area contributed by atoms with Gasteiger partial charge < -0.3 is 19.3 Å². The van der Waals surface area contributed by atoms with Crippen molar-refractivity contribution in [2.24, 2.45) is 5.92 Å². The van der Waals surface area contributed by atoms with Crippen LogP contribution in [0.4, 0.5) is 5.13 Å². The van der Waals surface area contributed by atoms with E-state index >= 15 is 0 Å². The van der Waals surface area contributed by atoms with E-state index in [1.165, 1.54) is 0 Å². The molecular formula is C27H25Cl2N3O4S. The Bertz CT molecular complexity index is 1440. The lowest BCUT2D eigenvalue weighted by molar-refractivity contribution is 0.0697. The average molecular weight is 558 g/mol. The molecule has 37 heavy (non-hydrogen) atoms. The first-order chi connectivity index (χ1) is 18.0. The third-order valence-corrected chi connectivity index (χ3v) is 8.78. The molecule has 6 rings (SSSR count). The van der Waals surface area contributed by atoms with Gasteiger partial charge in [0.05, 0.1) is 32.4 Å². The number of carboxylic acid groups (broad SMARTS) is 1. The maximum absolute atomic E-state index is 11.3. The first kappa shape index (κ1) is 24.7. The van der Waals surface area contributed by atoms with Crippen LogP contribution in [-0.2, 0) is 11.3 Å². The molecule has 0 atom stereocenters. The lowest BCUT2D eigenvalue weighted by Crippen LogP contribution is -2.35. The number of hydrogen-bond donors (Lipinski definition) is 1. The van der Waals surface area contributed by atoms with Crippen LogP contribution in [0.15, 0.2) is 40.9 Å². The minimum atomic E-state index is -0.921. The smallest absolute Gasteiger partial charge is 0.335 e. The van der Waals surface area contributed by atoms with E-state index in [1.807, 2.05) is 18.2 Å². The number of aromatic nitrogens is 2. The van der Waals surface area contributed by atoms with Crippen molar-refractivity contribution in [1.29, 1.82) is 0 Å². The molecule has 7 nitrogen and oxygen atoms in total. The average Bonchev–Trinajstić information content (AvgIpc) is 3.51. The summed E-state index contributed by atoms with van der Waals surface area (Å²) in [5.41, 5.74) is 3.44. The molecule has 1 aliphatic heterocycles. The summed E-state index contributed by atoms with van der Waals surface area (Å²) in [4.78, 5) is 18.3. The van der Waals surface area contributed by atoms with Gasteiger partial charge in [0.25, 0.3) is 0 Å². The second-order valence-electron chi connectivity index (χ2n) is 9.67. The normalized spacial score (nSPS) is 16.5. The van der Waals surface area contributed by atoms with Crippen LogP contribution < -0.4 is 4.90 Å². The standard InChI is InChI=1S/C27H25Cl2N3O4S/c28-19-2-1-3-20(29)23(19)24-18(25(36-31-24)16-4-5-16)14-35-13-15-8-10-32(11-9-15)27-30-21-7-6-17(26(33)34)12-22(21)37-27/h1-3,6-7,12,15-16H,4-5,8-11,13-14H2,(H,33,34). The van der Waals surface area contributed by atoms with Crippen LogP contribution in [0.1, 0.15) is 53.3 Å². The topological polar surface area (TPSA) is 88.7 Å². The fourth-order valence-electron chi connectivity index (χ4n) is 4.85. The highest BCUT2D eigenvalue weighted by atomic mass is 35.5. The highest BCUT2D eigenvalue weighted by molar-refractivity contribution is 7.22. The van der Waals surface area contributed by atoms with Gasteiger partial charge in [-0.1, -0.05) is 45.8 Å². The van der Waals surface area contributed by atoms with Crippen LogP contribution >= 0.6 is 34.5 Å². The molecule has 2 aromatic carbocycles. The fourth-order valence-corrected chi connectivity index (χ4v) is 6.48. The Morgan fingerprint density at radius 2 is 1.89 bits per heavy atom. The number of aromatic carboxylic acids is 1. The van der Waals surface area contributed by atoms with E-state index in [4.69, 9.17) is 37.4 Å². The Balaban J connectivity index is 1.09. The summed E-state index contributed by atoms with van der Waals surface area (Å²) in [7, 11) is 0. The third kappa shape index (κ3) is 5.08. The summed E-state index contributed by atoms with van der Waals surface area (Å²) < 4.78 is 12.9. The number of ether oxygens (including phenoxy) is 1. The Labute approximate surface area is 227 Å². The van der Waals surface area contributed by atoms with E-state index < -0.39 is 5.97 Å². The Morgan fingerprint density at radius 3 is 2.59 bits per heavy atom. The van der Waals surface area contributed by atoms with Crippen molar-refractivity contribution in [1.82, 2.24) is 10.1 Å². The third-order valence-electron chi connectivity index (χ3n) is 7.08. The van der Waals surface area contributed by atoms with Crippen molar-refractivity contribution < 1.29 is 19.2 Å². The largest absolute Gasteiger partial charge is 0.478 e. The summed E-state index contributed by atoms with van der Waals surface area (Å²) in [6.45, 7) is 2.85. The van der Waals surface area contributed by atoms with Crippen LogP contribution in [0.2, 0.25) is 10.0 Å². The van der Waals surface area contributed by atoms with Gasteiger partial charge in [0, 0.05) is 36.7 Å². The summed E-state index contributed by atoms with van der Waals surface area (Å²) in [6, 6.07) is 10.5. The summed E-state index contributed by atoms with van der Waals surface area (Å²) in [5, 5.41) is 15.6. The molecule has 10 heteroatoms. The van der Waals surface area contributed by atoms with Gasteiger partial charge in [-0.05, 0) is 61.9 Å². The Hall–Kier alpha value is -2.65. The number of fused-ring (bicyclic) bond motifs is 1. The molecule has 0 unspecified atom stereocenters. The second-order valence-corrected chi connectivity index (χ2v) is 11.5. The number of benzene rings is 2. The maximum atomic E-state index is 11.3. The monoisotopic (exact) mass is 557 g/mol. The van der Waals surface area contributed by atoms with Gasteiger partial charge in [-0.15, -0.1) is 0 Å². The molecule has 3 heterocycles. The molecule has 2 aromatic heterocycles. The van der Waals surface area contributed by atoms with Crippen molar-refractivity contribution >= 4 is 55.9 Å². The van der Waals surface area contributed by atoms with E-state index in [2.05, 4.69) is 10.1 Å². The van der Waals surface area contributed by atoms with E-state index in [9.17, 15) is 9.90 Å². The molecule has 2 fully saturated rings. The molecule has 2 aliphatic rings. The van der Waals surface area contributed by atoms with Crippen LogP contribution in [0.3, 0.4) is 0 Å². The van der Waals surface area contributed by atoms with Crippen LogP contribution in [-0.4, -0.2) is 40.9 Å². The van der Waals surface area contributed by atoms with Crippen molar-refractivity contribution in [3.63, 3.8) is 0 Å². The number of nitrogens with zero attached hydrogens (tertiary/aromatic N) is 3. The first-order valence-electron chi connectivity index (χ1n) is 12.4. The molecule has 192 valence electrons. The number of halogens is 2. The van der Waals surface area contributed by atoms with Crippen LogP contribution in [0.5, 0.6) is 0 Å². The lowest BCUT2D eigenvalue weighted by Gasteiger charge is -2.31. The number of anilines is 1. The van der Waals surface area contributed by atoms with E-state index in [0.717, 1.165) is 65.4 Å². The van der Waals surface area contributed by atoms with E-state index in [1.54, 1.807) is 29.5 Å². The predicted octanol–water partition coefficient (Wildman–Crippen LogP) is 7.27. The number of hydrogen-bond acceptors (Lipinski definition) is 7. The molecule has 0 amide bonds. The van der Waals surface area contributed by atoms with Gasteiger partial charge in [-0.2, -0.15) is 0 Å². The van der Waals surface area contributed by atoms with E-state index in [0.29, 0.717) is 46.4 Å². The molecule has 1 aliphatic carbocycles. The van der Waals surface area contributed by atoms with Crippen LogP contribution in [0, 0.1) is 5.92 Å². The molecule has 0 spiro atoms. The highest BCUT2D eigenvalue weighted by Crippen LogP contribution is 2.46. The zero-order chi connectivity index (χ0) is 25.5. The van der Waals surface area contributed by atoms with E-state index in [-0.39, 0.29) is 5.56 Å². The Kier molecular flexibility index (Phi) is 6.84. The summed E-state index contributed by atoms with van der Waals surface area (Å²) in [5.74, 6) is 0.809. The first-order valence-corrected chi connectivity index (χ1v) is 13.9. The van der Waals surface area contributed by atoms with Gasteiger partial charge in [0.15, 0.2) is 5.13 Å². The van der Waals surface area contributed by atoms with Gasteiger partial charge in [0.1, 0.15) is 11.5 Å². The minimum absolute atomic E-state index is 0.288. The SMILES string of the molecule is O=C(O)c1ccc2nc(N3CCC(COCc4c(-c5c(Cl)cccc5Cl)noc4C4CC4)CC3)sc2c1. The summed E-state index contributed by atoms with van der Waals surface area (Å²) in [6.07, 6.45) is 4.19. The molecule has 1 saturated carbocycles. The molecule has 1 N–H and O–H groups in total. The van der Waals surface area contributed by atoms with Gasteiger partial charge >= 0.3 is 5.97 Å². The fraction of sp³-hybridized carbons (Fsp3) is 0.370. The number of piperidine rings is 1. The number of thiazole rings is 1. The molecule has 4 aromatic rings. The number of rotatable bonds is 8. The number of carboxylic acids is 1. The van der Waals surface area contributed by atoms with Gasteiger partial charge in [0.2, 0.25) is 0 Å². The zero-order valence-electron chi connectivity index (χ0n) is 20.0.